The molecule has 0 spiro atoms. The van der Waals surface area contributed by atoms with E-state index in [4.69, 9.17) is 26.7 Å². The van der Waals surface area contributed by atoms with Gasteiger partial charge in [0.05, 0.1) is 6.61 Å². The maximum Gasteiger partial charge on any atom is 0.256 e. The predicted octanol–water partition coefficient (Wildman–Crippen LogP) is -2.36. The van der Waals surface area contributed by atoms with Gasteiger partial charge < -0.3 is 26.7 Å². The van der Waals surface area contributed by atoms with Gasteiger partial charge in [-0.1, -0.05) is 0 Å². The van der Waals surface area contributed by atoms with E-state index >= 15 is 0 Å². The van der Waals surface area contributed by atoms with Crippen LogP contribution in [-0.4, -0.2) is 31.3 Å². The number of nitrogens with one attached hydrogen (secondary N) is 1. The van der Waals surface area contributed by atoms with E-state index in [0.717, 1.165) is 5.56 Å². The van der Waals surface area contributed by atoms with Crippen molar-refractivity contribution in [2.24, 2.45) is 22.3 Å². The van der Waals surface area contributed by atoms with Gasteiger partial charge in [0.2, 0.25) is 6.21 Å². The Hall–Kier alpha value is -2.77. The second kappa shape index (κ2) is 7.62. The van der Waals surface area contributed by atoms with Crippen molar-refractivity contribution in [3.05, 3.63) is 23.8 Å². The molecule has 1 amide bonds. The van der Waals surface area contributed by atoms with Gasteiger partial charge in [0, 0.05) is 10.7 Å². The zero-order valence-corrected chi connectivity index (χ0v) is 11.1. The van der Waals surface area contributed by atoms with Crippen LogP contribution in [0.15, 0.2) is 23.3 Å². The van der Waals surface area contributed by atoms with Crippen LogP contribution in [0.1, 0.15) is 12.5 Å². The summed E-state index contributed by atoms with van der Waals surface area (Å²) in [6.07, 6.45) is 1.58. The van der Waals surface area contributed by atoms with E-state index in [9.17, 15) is 4.79 Å². The quantitative estimate of drug-likeness (QED) is 0.251. The molecule has 0 bridgehead atoms. The van der Waals surface area contributed by atoms with Gasteiger partial charge >= 0.3 is 0 Å². The van der Waals surface area contributed by atoms with Crippen LogP contribution in [0.2, 0.25) is 0 Å². The van der Waals surface area contributed by atoms with Gasteiger partial charge in [0.15, 0.2) is 18.1 Å². The Morgan fingerprint density at radius 2 is 2.05 bits per heavy atom. The standard InChI is InChI=1S/C12H17N5O3/c1-2-19-10-5-8(6-16-17-12(14)15)3-4-9(10)20-7-11(13)18/h3-6H,2,7H2,1H3,(H2,13,18)(H4,14,15,17)/p+1/b16-6-. The number of hydrogen-bond acceptors (Lipinski definition) is 4. The third-order valence-corrected chi connectivity index (χ3v) is 2.06. The average molecular weight is 280 g/mol. The first-order valence-electron chi connectivity index (χ1n) is 5.88. The number of nitrogens with zero attached hydrogens (tertiary/aromatic N) is 1. The van der Waals surface area contributed by atoms with Crippen LogP contribution in [0.4, 0.5) is 0 Å². The molecule has 0 aliphatic heterocycles. The number of ether oxygens (including phenoxy) is 2. The summed E-state index contributed by atoms with van der Waals surface area (Å²) < 4.78 is 10.7. The van der Waals surface area contributed by atoms with Crippen molar-refractivity contribution in [1.29, 1.82) is 0 Å². The van der Waals surface area contributed by atoms with E-state index in [0.29, 0.717) is 18.1 Å². The first-order chi connectivity index (χ1) is 9.52. The molecule has 0 saturated carbocycles. The number of carbonyl (C=O) groups excluding carboxylic acids is 1. The van der Waals surface area contributed by atoms with E-state index in [1.807, 2.05) is 6.92 Å². The number of carbonyl (C=O) groups is 1. The van der Waals surface area contributed by atoms with Crippen LogP contribution in [0.5, 0.6) is 11.5 Å². The van der Waals surface area contributed by atoms with Crippen LogP contribution in [0.25, 0.3) is 0 Å². The molecule has 0 aliphatic rings. The second-order valence-corrected chi connectivity index (χ2v) is 3.70. The molecule has 8 nitrogen and oxygen atoms in total. The molecule has 0 atom stereocenters. The fourth-order valence-corrected chi connectivity index (χ4v) is 1.33. The summed E-state index contributed by atoms with van der Waals surface area (Å²) in [7, 11) is 0. The molecule has 7 N–H and O–H groups in total. The summed E-state index contributed by atoms with van der Waals surface area (Å²) in [5, 5.41) is 6.19. The van der Waals surface area contributed by atoms with Crippen LogP contribution >= 0.6 is 0 Å². The Bertz CT molecular complexity index is 524. The Morgan fingerprint density at radius 1 is 1.30 bits per heavy atom. The van der Waals surface area contributed by atoms with Crippen molar-refractivity contribution in [2.45, 2.75) is 6.92 Å². The van der Waals surface area contributed by atoms with Crippen molar-refractivity contribution in [1.82, 2.24) is 0 Å². The molecule has 0 radical (unpaired) electrons. The molecule has 0 saturated heterocycles. The molecule has 0 aromatic heterocycles. The molecule has 1 aromatic carbocycles. The van der Waals surface area contributed by atoms with Gasteiger partial charge in [-0.3, -0.25) is 4.79 Å². The monoisotopic (exact) mass is 280 g/mol. The minimum Gasteiger partial charge on any atom is -0.490 e. The Morgan fingerprint density at radius 3 is 2.65 bits per heavy atom. The van der Waals surface area contributed by atoms with Crippen molar-refractivity contribution in [3.63, 3.8) is 0 Å². The molecule has 108 valence electrons. The molecule has 1 rings (SSSR count). The molecule has 0 unspecified atom stereocenters. The Balaban J connectivity index is 2.91. The smallest absolute Gasteiger partial charge is 0.256 e. The zero-order valence-electron chi connectivity index (χ0n) is 11.1. The molecular formula is C12H18N5O3+. The number of rotatable bonds is 7. The number of benzene rings is 1. The highest BCUT2D eigenvalue weighted by Crippen LogP contribution is 2.27. The van der Waals surface area contributed by atoms with Gasteiger partial charge in [0.1, 0.15) is 0 Å². The van der Waals surface area contributed by atoms with Crippen LogP contribution in [0, 0.1) is 0 Å². The van der Waals surface area contributed by atoms with Crippen molar-refractivity contribution in [3.8, 4) is 11.5 Å². The molecule has 1 aromatic rings. The summed E-state index contributed by atoms with van der Waals surface area (Å²) in [5.41, 5.74) is 16.2. The van der Waals surface area contributed by atoms with Gasteiger partial charge in [-0.15, -0.1) is 5.10 Å². The third kappa shape index (κ3) is 5.25. The molecule has 8 heteroatoms. The van der Waals surface area contributed by atoms with E-state index in [2.05, 4.69) is 10.2 Å². The second-order valence-electron chi connectivity index (χ2n) is 3.70. The average Bonchev–Trinajstić information content (AvgIpc) is 2.37. The highest BCUT2D eigenvalue weighted by molar-refractivity contribution is 5.78. The van der Waals surface area contributed by atoms with Crippen molar-refractivity contribution < 1.29 is 19.4 Å². The number of nitrogens with two attached hydrogens (primary N) is 3. The minimum absolute atomic E-state index is 0.0762. The lowest BCUT2D eigenvalue weighted by Crippen LogP contribution is -2.63. The fraction of sp³-hybridized carbons (Fsp3) is 0.250. The van der Waals surface area contributed by atoms with Crippen LogP contribution in [-0.2, 0) is 4.79 Å². The van der Waals surface area contributed by atoms with Crippen molar-refractivity contribution in [2.75, 3.05) is 13.2 Å². The summed E-state index contributed by atoms with van der Waals surface area (Å²) in [6.45, 7) is 2.08. The number of hydrogen-bond donors (Lipinski definition) is 4. The minimum atomic E-state index is -0.558. The summed E-state index contributed by atoms with van der Waals surface area (Å²) in [6, 6.07) is 5.13. The van der Waals surface area contributed by atoms with Gasteiger partial charge in [-0.2, -0.15) is 0 Å². The summed E-state index contributed by atoms with van der Waals surface area (Å²) in [5.74, 6) is 0.295. The SMILES string of the molecule is CCOc1cc(/C=[NH+]\N=C(N)N)ccc1OCC(N)=O. The third-order valence-electron chi connectivity index (χ3n) is 2.06. The molecule has 0 fully saturated rings. The normalized spacial score (nSPS) is 10.2. The highest BCUT2D eigenvalue weighted by atomic mass is 16.5. The van der Waals surface area contributed by atoms with Crippen LogP contribution in [0.3, 0.4) is 0 Å². The molecule has 20 heavy (non-hydrogen) atoms. The lowest BCUT2D eigenvalue weighted by atomic mass is 10.2. The van der Waals surface area contributed by atoms with E-state index in [1.165, 1.54) is 0 Å². The number of primary amides is 1. The predicted molar refractivity (Wildman–Crippen MR) is 74.2 cm³/mol. The molecule has 0 aliphatic carbocycles. The van der Waals surface area contributed by atoms with E-state index < -0.39 is 5.91 Å². The lowest BCUT2D eigenvalue weighted by Gasteiger charge is -2.10. The molecular weight excluding hydrogens is 262 g/mol. The van der Waals surface area contributed by atoms with E-state index in [1.54, 1.807) is 24.4 Å². The number of hydrazone groups is 1. The topological polar surface area (TPSA) is 140 Å². The number of guanidine groups is 1. The molecule has 0 heterocycles. The maximum atomic E-state index is 10.7. The number of amides is 1. The fourth-order valence-electron chi connectivity index (χ4n) is 1.33. The van der Waals surface area contributed by atoms with Crippen molar-refractivity contribution >= 4 is 18.1 Å². The highest BCUT2D eigenvalue weighted by Gasteiger charge is 2.08. The first-order valence-corrected chi connectivity index (χ1v) is 5.88. The summed E-state index contributed by atoms with van der Waals surface area (Å²) >= 11 is 0. The summed E-state index contributed by atoms with van der Waals surface area (Å²) in [4.78, 5) is 10.7. The lowest BCUT2D eigenvalue weighted by molar-refractivity contribution is -0.456. The zero-order chi connectivity index (χ0) is 15.0. The van der Waals surface area contributed by atoms with Gasteiger partial charge in [-0.25, -0.2) is 0 Å². The largest absolute Gasteiger partial charge is 0.490 e. The van der Waals surface area contributed by atoms with Crippen LogP contribution < -0.4 is 31.8 Å². The maximum absolute atomic E-state index is 10.7. The van der Waals surface area contributed by atoms with E-state index in [-0.39, 0.29) is 12.6 Å². The van der Waals surface area contributed by atoms with Gasteiger partial charge in [0.25, 0.3) is 11.9 Å². The first kappa shape index (κ1) is 15.3. The van der Waals surface area contributed by atoms with Gasteiger partial charge in [-0.05, 0) is 25.1 Å². The Kier molecular flexibility index (Phi) is 5.82. The Labute approximate surface area is 116 Å².